The number of carbonyl (C=O) groups excluding carboxylic acids is 5. The number of hydrogen-bond acceptors (Lipinski definition) is 6. The lowest BCUT2D eigenvalue weighted by molar-refractivity contribution is -0.152. The lowest BCUT2D eigenvalue weighted by Gasteiger charge is -2.55. The van der Waals surface area contributed by atoms with E-state index in [-0.39, 0.29) is 22.7 Å². The maximum absolute atomic E-state index is 14.3. The Labute approximate surface area is 256 Å². The van der Waals surface area contributed by atoms with Crippen LogP contribution in [-0.4, -0.2) is 29.6 Å². The molecule has 0 spiro atoms. The summed E-state index contributed by atoms with van der Waals surface area (Å²) in [4.78, 5) is 73.1. The predicted molar refractivity (Wildman–Crippen MR) is 158 cm³/mol. The minimum absolute atomic E-state index is 0.145. The van der Waals surface area contributed by atoms with Crippen LogP contribution >= 0.6 is 23.2 Å². The number of hydrogen-bond donors (Lipinski definition) is 0. The predicted octanol–water partition coefficient (Wildman–Crippen LogP) is 5.48. The van der Waals surface area contributed by atoms with Gasteiger partial charge in [-0.2, -0.15) is 0 Å². The second kappa shape index (κ2) is 9.62. The number of nitrogens with zero attached hydrogens (tertiary/aromatic N) is 2. The summed E-state index contributed by atoms with van der Waals surface area (Å²) in [5.74, 6) is -7.56. The van der Waals surface area contributed by atoms with Gasteiger partial charge in [0, 0.05) is 27.0 Å². The number of ether oxygens (including phenoxy) is 1. The van der Waals surface area contributed by atoms with E-state index in [0.717, 1.165) is 9.80 Å². The molecule has 3 aromatic rings. The normalized spacial score (nSPS) is 29.3. The molecule has 2 bridgehead atoms. The highest BCUT2D eigenvalue weighted by Crippen LogP contribution is 2.68. The van der Waals surface area contributed by atoms with E-state index in [2.05, 4.69) is 0 Å². The van der Waals surface area contributed by atoms with E-state index in [9.17, 15) is 24.0 Å². The molecule has 43 heavy (non-hydrogen) atoms. The van der Waals surface area contributed by atoms with Gasteiger partial charge in [0.2, 0.25) is 23.6 Å². The number of allylic oxidation sites excluding steroid dienone is 1. The van der Waals surface area contributed by atoms with Gasteiger partial charge in [-0.1, -0.05) is 66.0 Å². The number of benzene rings is 3. The molecule has 216 valence electrons. The Hall–Kier alpha value is -4.27. The molecule has 6 atom stereocenters. The molecule has 10 heteroatoms. The van der Waals surface area contributed by atoms with Crippen molar-refractivity contribution >= 4 is 64.2 Å². The molecule has 2 unspecified atom stereocenters. The maximum atomic E-state index is 14.3. The Balaban J connectivity index is 1.41. The summed E-state index contributed by atoms with van der Waals surface area (Å²) in [7, 11) is 0. The molecule has 8 nitrogen and oxygen atoms in total. The Morgan fingerprint density at radius 3 is 1.65 bits per heavy atom. The molecule has 8 rings (SSSR count). The van der Waals surface area contributed by atoms with Crippen LogP contribution in [0.15, 0.2) is 90.0 Å². The lowest BCUT2D eigenvalue weighted by Crippen LogP contribution is -2.61. The van der Waals surface area contributed by atoms with Crippen LogP contribution in [0.2, 0.25) is 10.0 Å². The van der Waals surface area contributed by atoms with Crippen molar-refractivity contribution in [1.29, 1.82) is 0 Å². The van der Waals surface area contributed by atoms with Gasteiger partial charge in [0.15, 0.2) is 0 Å². The van der Waals surface area contributed by atoms with E-state index in [1.165, 1.54) is 12.1 Å². The molecule has 2 aliphatic heterocycles. The SMILES string of the molecule is CC1=C(C(=O)Oc2ccccc2)C2(C)[C@@H]3C(=O)N(c4cccc(Cl)c4)C(=O)[C@@H]3C1[C@@H]1C(=O)N(c3cccc(Cl)c3)C(=O)[C@H]12. The molecular formula is C33H24Cl2N2O6. The number of carbonyl (C=O) groups is 5. The highest BCUT2D eigenvalue weighted by molar-refractivity contribution is 6.32. The molecule has 3 aromatic carbocycles. The first-order chi connectivity index (χ1) is 20.6. The van der Waals surface area contributed by atoms with E-state index in [4.69, 9.17) is 27.9 Å². The van der Waals surface area contributed by atoms with Crippen LogP contribution in [0.3, 0.4) is 0 Å². The fraction of sp³-hybridized carbons (Fsp3) is 0.242. The maximum Gasteiger partial charge on any atom is 0.339 e. The van der Waals surface area contributed by atoms with Gasteiger partial charge in [0.25, 0.3) is 0 Å². The Morgan fingerprint density at radius 2 is 1.19 bits per heavy atom. The third-order valence-electron chi connectivity index (χ3n) is 9.49. The van der Waals surface area contributed by atoms with Crippen LogP contribution in [0.5, 0.6) is 5.75 Å². The van der Waals surface area contributed by atoms with E-state index < -0.39 is 64.6 Å². The zero-order valence-corrected chi connectivity index (χ0v) is 24.5. The van der Waals surface area contributed by atoms with E-state index >= 15 is 0 Å². The Bertz CT molecular complexity index is 1710. The van der Waals surface area contributed by atoms with Gasteiger partial charge >= 0.3 is 5.97 Å². The third kappa shape index (κ3) is 3.72. The summed E-state index contributed by atoms with van der Waals surface area (Å²) >= 11 is 12.4. The summed E-state index contributed by atoms with van der Waals surface area (Å²) < 4.78 is 5.77. The van der Waals surface area contributed by atoms with Gasteiger partial charge in [-0.25, -0.2) is 14.6 Å². The average molecular weight is 615 g/mol. The molecule has 3 aliphatic carbocycles. The first-order valence-corrected chi connectivity index (χ1v) is 14.6. The number of imide groups is 2. The van der Waals surface area contributed by atoms with Crippen molar-refractivity contribution in [2.75, 3.05) is 9.80 Å². The Morgan fingerprint density at radius 1 is 0.698 bits per heavy atom. The van der Waals surface area contributed by atoms with Gasteiger partial charge in [-0.15, -0.1) is 0 Å². The zero-order chi connectivity index (χ0) is 30.4. The van der Waals surface area contributed by atoms with Crippen molar-refractivity contribution in [3.05, 3.63) is 100 Å². The summed E-state index contributed by atoms with van der Waals surface area (Å²) in [6, 6.07) is 21.2. The van der Waals surface area contributed by atoms with Crippen molar-refractivity contribution in [2.45, 2.75) is 13.8 Å². The van der Waals surface area contributed by atoms with Crippen molar-refractivity contribution < 1.29 is 28.7 Å². The van der Waals surface area contributed by atoms with Gasteiger partial charge in [-0.05, 0) is 55.5 Å². The van der Waals surface area contributed by atoms with Gasteiger partial charge in [-0.3, -0.25) is 19.2 Å². The fourth-order valence-electron chi connectivity index (χ4n) is 7.99. The minimum Gasteiger partial charge on any atom is -0.423 e. The molecule has 3 fully saturated rings. The van der Waals surface area contributed by atoms with Crippen molar-refractivity contribution in [3.63, 3.8) is 0 Å². The quantitative estimate of drug-likeness (QED) is 0.219. The first kappa shape index (κ1) is 27.6. The molecule has 4 amide bonds. The highest BCUT2D eigenvalue weighted by Gasteiger charge is 2.77. The molecule has 2 heterocycles. The smallest absolute Gasteiger partial charge is 0.339 e. The van der Waals surface area contributed by atoms with Crippen molar-refractivity contribution in [1.82, 2.24) is 0 Å². The van der Waals surface area contributed by atoms with Gasteiger partial charge < -0.3 is 4.74 Å². The van der Waals surface area contributed by atoms with Crippen molar-refractivity contribution in [2.24, 2.45) is 35.0 Å². The fourth-order valence-corrected chi connectivity index (χ4v) is 8.36. The number of para-hydroxylation sites is 1. The summed E-state index contributed by atoms with van der Waals surface area (Å²) in [5.41, 5.74) is -0.356. The molecule has 0 radical (unpaired) electrons. The first-order valence-electron chi connectivity index (χ1n) is 13.8. The van der Waals surface area contributed by atoms with Gasteiger partial charge in [0.05, 0.1) is 35.0 Å². The third-order valence-corrected chi connectivity index (χ3v) is 9.96. The van der Waals surface area contributed by atoms with Crippen LogP contribution in [0, 0.1) is 35.0 Å². The van der Waals surface area contributed by atoms with Crippen LogP contribution in [0.4, 0.5) is 11.4 Å². The van der Waals surface area contributed by atoms with Crippen LogP contribution in [0.1, 0.15) is 13.8 Å². The second-order valence-corrected chi connectivity index (χ2v) is 12.4. The van der Waals surface area contributed by atoms with Gasteiger partial charge in [0.1, 0.15) is 5.75 Å². The van der Waals surface area contributed by atoms with E-state index in [1.807, 2.05) is 0 Å². The largest absolute Gasteiger partial charge is 0.423 e. The molecule has 0 N–H and O–H groups in total. The number of rotatable bonds is 4. The molecule has 2 saturated heterocycles. The zero-order valence-electron chi connectivity index (χ0n) is 23.0. The topological polar surface area (TPSA) is 101 Å². The monoisotopic (exact) mass is 614 g/mol. The molecule has 1 saturated carbocycles. The summed E-state index contributed by atoms with van der Waals surface area (Å²) in [6.45, 7) is 3.33. The van der Waals surface area contributed by atoms with E-state index in [0.29, 0.717) is 15.6 Å². The standard InChI is InChI=1S/C33H24Cl2N2O6/c1-16-22-23-26(30(40)36(28(23)38)19-10-6-8-17(34)14-19)33(2,25(16)32(42)43-21-12-4-3-5-13-21)27-24(22)29(39)37(31(27)41)20-11-7-9-18(35)15-20/h3-15,22-24,26-27H,1-2H3/t22?,23-,24+,26-,27-,33?/m0/s1. The summed E-state index contributed by atoms with van der Waals surface area (Å²) in [6.07, 6.45) is 0. The van der Waals surface area contributed by atoms with Crippen LogP contribution in [-0.2, 0) is 24.0 Å². The number of halogens is 2. The van der Waals surface area contributed by atoms with Crippen LogP contribution < -0.4 is 14.5 Å². The highest BCUT2D eigenvalue weighted by atomic mass is 35.5. The number of amides is 4. The molecular weight excluding hydrogens is 591 g/mol. The van der Waals surface area contributed by atoms with Crippen molar-refractivity contribution in [3.8, 4) is 5.75 Å². The number of esters is 1. The number of anilines is 2. The lowest BCUT2D eigenvalue weighted by atomic mass is 9.43. The average Bonchev–Trinajstić information content (AvgIpc) is 3.39. The Kier molecular flexibility index (Phi) is 6.17. The minimum atomic E-state index is -1.54. The van der Waals surface area contributed by atoms with Crippen LogP contribution in [0.25, 0.3) is 0 Å². The molecule has 0 aromatic heterocycles. The summed E-state index contributed by atoms with van der Waals surface area (Å²) in [5, 5.41) is 0.672. The van der Waals surface area contributed by atoms with E-state index in [1.54, 1.807) is 80.6 Å². The molecule has 5 aliphatic rings. The second-order valence-electron chi connectivity index (χ2n) is 11.6.